The molecule has 3 nitrogen and oxygen atoms in total. The number of anilines is 1. The number of nitrogens with two attached hydrogens (primary N) is 1. The summed E-state index contributed by atoms with van der Waals surface area (Å²) in [6, 6.07) is 5.57. The molecule has 0 radical (unpaired) electrons. The summed E-state index contributed by atoms with van der Waals surface area (Å²) in [4.78, 5) is 13.7. The molecule has 1 unspecified atom stereocenters. The molecule has 0 bridgehead atoms. The molecule has 1 atom stereocenters. The number of amides is 1. The van der Waals surface area contributed by atoms with Crippen molar-refractivity contribution >= 4 is 24.0 Å². The van der Waals surface area contributed by atoms with E-state index in [2.05, 4.69) is 0 Å². The number of aryl methyl sites for hydroxylation is 2. The van der Waals surface area contributed by atoms with E-state index in [9.17, 15) is 4.79 Å². The van der Waals surface area contributed by atoms with E-state index in [4.69, 9.17) is 5.73 Å². The number of benzene rings is 1. The van der Waals surface area contributed by atoms with E-state index in [1.807, 2.05) is 39.0 Å². The molecule has 0 saturated carbocycles. The predicted octanol–water partition coefficient (Wildman–Crippen LogP) is 2.43. The fourth-order valence-electron chi connectivity index (χ4n) is 1.90. The van der Waals surface area contributed by atoms with Gasteiger partial charge in [0.15, 0.2) is 0 Å². The molecule has 17 heavy (non-hydrogen) atoms. The highest BCUT2D eigenvalue weighted by molar-refractivity contribution is 5.98. The SMILES string of the molecule is CCN(C(=O)C(C)N)c1c(C)cccc1C.Cl. The number of likely N-dealkylation sites (N-methyl/N-ethyl adjacent to an activating group) is 1. The van der Waals surface area contributed by atoms with Crippen LogP contribution in [0.5, 0.6) is 0 Å². The summed E-state index contributed by atoms with van der Waals surface area (Å²) in [6.45, 7) is 8.36. The molecule has 0 aliphatic heterocycles. The second-order valence-corrected chi connectivity index (χ2v) is 4.11. The predicted molar refractivity (Wildman–Crippen MR) is 74.8 cm³/mol. The van der Waals surface area contributed by atoms with Gasteiger partial charge in [0.05, 0.1) is 6.04 Å². The van der Waals surface area contributed by atoms with Gasteiger partial charge >= 0.3 is 0 Å². The van der Waals surface area contributed by atoms with E-state index < -0.39 is 6.04 Å². The zero-order valence-electron chi connectivity index (χ0n) is 10.9. The lowest BCUT2D eigenvalue weighted by molar-refractivity contribution is -0.119. The van der Waals surface area contributed by atoms with Crippen molar-refractivity contribution in [2.45, 2.75) is 33.7 Å². The Kier molecular flexibility index (Phi) is 6.21. The zero-order valence-corrected chi connectivity index (χ0v) is 11.7. The number of hydrogen-bond donors (Lipinski definition) is 1. The van der Waals surface area contributed by atoms with Gasteiger partial charge in [-0.05, 0) is 38.8 Å². The lowest BCUT2D eigenvalue weighted by Crippen LogP contribution is -2.42. The highest BCUT2D eigenvalue weighted by atomic mass is 35.5. The molecule has 1 rings (SSSR count). The molecule has 1 aromatic carbocycles. The number of halogens is 1. The van der Waals surface area contributed by atoms with Crippen molar-refractivity contribution in [2.75, 3.05) is 11.4 Å². The molecule has 1 aromatic rings. The van der Waals surface area contributed by atoms with Crippen LogP contribution in [0.3, 0.4) is 0 Å². The van der Waals surface area contributed by atoms with Crippen LogP contribution >= 0.6 is 12.4 Å². The number of carbonyl (C=O) groups excluding carboxylic acids is 1. The second kappa shape index (κ2) is 6.62. The Bertz CT molecular complexity index is 371. The van der Waals surface area contributed by atoms with Crippen LogP contribution < -0.4 is 10.6 Å². The Labute approximate surface area is 109 Å². The minimum Gasteiger partial charge on any atom is -0.320 e. The van der Waals surface area contributed by atoms with Gasteiger partial charge in [0.1, 0.15) is 0 Å². The van der Waals surface area contributed by atoms with Crippen molar-refractivity contribution in [3.05, 3.63) is 29.3 Å². The van der Waals surface area contributed by atoms with Gasteiger partial charge in [-0.2, -0.15) is 0 Å². The van der Waals surface area contributed by atoms with E-state index >= 15 is 0 Å². The third kappa shape index (κ3) is 3.45. The summed E-state index contributed by atoms with van der Waals surface area (Å²) < 4.78 is 0. The molecule has 1 amide bonds. The van der Waals surface area contributed by atoms with Crippen molar-refractivity contribution in [1.29, 1.82) is 0 Å². The van der Waals surface area contributed by atoms with E-state index in [1.165, 1.54) is 0 Å². The second-order valence-electron chi connectivity index (χ2n) is 4.11. The zero-order chi connectivity index (χ0) is 12.3. The summed E-state index contributed by atoms with van der Waals surface area (Å²) in [5.74, 6) is -0.0279. The topological polar surface area (TPSA) is 46.3 Å². The minimum absolute atomic E-state index is 0. The maximum absolute atomic E-state index is 12.0. The molecule has 2 N–H and O–H groups in total. The largest absolute Gasteiger partial charge is 0.320 e. The van der Waals surface area contributed by atoms with Crippen LogP contribution in [0, 0.1) is 13.8 Å². The molecule has 96 valence electrons. The van der Waals surface area contributed by atoms with Crippen LogP contribution in [0.1, 0.15) is 25.0 Å². The summed E-state index contributed by atoms with van der Waals surface area (Å²) >= 11 is 0. The van der Waals surface area contributed by atoms with Crippen LogP contribution in [0.25, 0.3) is 0 Å². The number of carbonyl (C=O) groups is 1. The van der Waals surface area contributed by atoms with Gasteiger partial charge in [-0.3, -0.25) is 4.79 Å². The molecule has 0 heterocycles. The first-order valence-corrected chi connectivity index (χ1v) is 5.62. The summed E-state index contributed by atoms with van der Waals surface area (Å²) in [5, 5.41) is 0. The van der Waals surface area contributed by atoms with Gasteiger partial charge < -0.3 is 10.6 Å². The number of nitrogens with zero attached hydrogens (tertiary/aromatic N) is 1. The van der Waals surface area contributed by atoms with E-state index in [0.29, 0.717) is 6.54 Å². The van der Waals surface area contributed by atoms with Crippen molar-refractivity contribution in [3.63, 3.8) is 0 Å². The lowest BCUT2D eigenvalue weighted by atomic mass is 10.1. The Balaban J connectivity index is 0.00000256. The van der Waals surface area contributed by atoms with Gasteiger partial charge in [-0.25, -0.2) is 0 Å². The molecule has 0 aliphatic rings. The highest BCUT2D eigenvalue weighted by Gasteiger charge is 2.20. The van der Waals surface area contributed by atoms with E-state index in [1.54, 1.807) is 11.8 Å². The van der Waals surface area contributed by atoms with E-state index in [-0.39, 0.29) is 18.3 Å². The summed E-state index contributed by atoms with van der Waals surface area (Å²) in [5.41, 5.74) is 8.87. The third-order valence-corrected chi connectivity index (χ3v) is 2.68. The molecule has 0 aliphatic carbocycles. The quantitative estimate of drug-likeness (QED) is 0.903. The van der Waals surface area contributed by atoms with Crippen LogP contribution in [0.15, 0.2) is 18.2 Å². The first-order chi connectivity index (χ1) is 7.49. The number of hydrogen-bond acceptors (Lipinski definition) is 2. The maximum atomic E-state index is 12.0. The first-order valence-electron chi connectivity index (χ1n) is 5.62. The van der Waals surface area contributed by atoms with Crippen molar-refractivity contribution < 1.29 is 4.79 Å². The van der Waals surface area contributed by atoms with Gasteiger partial charge in [0, 0.05) is 12.2 Å². The van der Waals surface area contributed by atoms with Gasteiger partial charge in [0.2, 0.25) is 5.91 Å². The fraction of sp³-hybridized carbons (Fsp3) is 0.462. The van der Waals surface area contributed by atoms with Crippen LogP contribution in [0.2, 0.25) is 0 Å². The minimum atomic E-state index is -0.459. The number of rotatable bonds is 3. The van der Waals surface area contributed by atoms with Crippen molar-refractivity contribution in [1.82, 2.24) is 0 Å². The molecule has 0 spiro atoms. The Morgan fingerprint density at radius 3 is 2.18 bits per heavy atom. The Morgan fingerprint density at radius 1 is 1.35 bits per heavy atom. The van der Waals surface area contributed by atoms with Crippen molar-refractivity contribution in [2.24, 2.45) is 5.73 Å². The fourth-order valence-corrected chi connectivity index (χ4v) is 1.90. The van der Waals surface area contributed by atoms with E-state index in [0.717, 1.165) is 16.8 Å². The standard InChI is InChI=1S/C13H20N2O.ClH/c1-5-15(13(16)11(4)14)12-9(2)7-6-8-10(12)3;/h6-8,11H,5,14H2,1-4H3;1H. The van der Waals surface area contributed by atoms with Crippen LogP contribution in [-0.2, 0) is 4.79 Å². The highest BCUT2D eigenvalue weighted by Crippen LogP contribution is 2.24. The molecular formula is C13H21ClN2O. The van der Waals surface area contributed by atoms with Gasteiger partial charge in [0.25, 0.3) is 0 Å². The van der Waals surface area contributed by atoms with Gasteiger partial charge in [-0.15, -0.1) is 12.4 Å². The molecule has 0 fully saturated rings. The number of para-hydroxylation sites is 1. The third-order valence-electron chi connectivity index (χ3n) is 2.68. The molecule has 0 aromatic heterocycles. The molecule has 4 heteroatoms. The monoisotopic (exact) mass is 256 g/mol. The normalized spacial score (nSPS) is 11.6. The average Bonchev–Trinajstić information content (AvgIpc) is 2.22. The van der Waals surface area contributed by atoms with Crippen LogP contribution in [0.4, 0.5) is 5.69 Å². The van der Waals surface area contributed by atoms with Gasteiger partial charge in [-0.1, -0.05) is 18.2 Å². The smallest absolute Gasteiger partial charge is 0.243 e. The first kappa shape index (κ1) is 15.9. The lowest BCUT2D eigenvalue weighted by Gasteiger charge is -2.26. The van der Waals surface area contributed by atoms with Crippen molar-refractivity contribution in [3.8, 4) is 0 Å². The summed E-state index contributed by atoms with van der Waals surface area (Å²) in [7, 11) is 0. The Hall–Kier alpha value is -1.06. The maximum Gasteiger partial charge on any atom is 0.243 e. The average molecular weight is 257 g/mol. The molecule has 0 saturated heterocycles. The Morgan fingerprint density at radius 2 is 1.82 bits per heavy atom. The molecular weight excluding hydrogens is 236 g/mol. The summed E-state index contributed by atoms with van der Waals surface area (Å²) in [6.07, 6.45) is 0. The van der Waals surface area contributed by atoms with Crippen LogP contribution in [-0.4, -0.2) is 18.5 Å².